The Balaban J connectivity index is 1.61. The number of primary amides is 1. The molecule has 4 aliphatic carbocycles. The number of nitrogens with one attached hydrogen (secondary N) is 1. The number of amides is 1. The fourth-order valence-corrected chi connectivity index (χ4v) is 5.28. The van der Waals surface area contributed by atoms with Crippen molar-refractivity contribution in [1.29, 1.82) is 0 Å². The van der Waals surface area contributed by atoms with Gasteiger partial charge in [-0.05, 0) is 62.3 Å². The molecule has 5 nitrogen and oxygen atoms in total. The molecule has 21 heavy (non-hydrogen) atoms. The van der Waals surface area contributed by atoms with Crippen molar-refractivity contribution in [2.24, 2.45) is 23.5 Å². The Bertz CT molecular complexity index is 563. The van der Waals surface area contributed by atoms with Crippen LogP contribution in [0.4, 0.5) is 11.5 Å². The molecule has 0 saturated heterocycles. The predicted octanol–water partition coefficient (Wildman–Crippen LogP) is 2.14. The van der Waals surface area contributed by atoms with Crippen molar-refractivity contribution in [3.05, 3.63) is 17.8 Å². The highest BCUT2D eigenvalue weighted by Crippen LogP contribution is 2.56. The Labute approximate surface area is 124 Å². The van der Waals surface area contributed by atoms with E-state index < -0.39 is 5.91 Å². The molecule has 112 valence electrons. The minimum Gasteiger partial charge on any atom is -0.397 e. The molecule has 0 aromatic carbocycles. The molecule has 0 radical (unpaired) electrons. The van der Waals surface area contributed by atoms with Crippen LogP contribution in [0.1, 0.15) is 48.9 Å². The lowest BCUT2D eigenvalue weighted by molar-refractivity contribution is 0.0105. The lowest BCUT2D eigenvalue weighted by atomic mass is 9.53. The molecule has 1 amide bonds. The van der Waals surface area contributed by atoms with E-state index in [2.05, 4.69) is 10.3 Å². The number of rotatable bonds is 3. The van der Waals surface area contributed by atoms with Gasteiger partial charge in [0, 0.05) is 5.54 Å². The van der Waals surface area contributed by atoms with Gasteiger partial charge in [0.1, 0.15) is 5.82 Å². The van der Waals surface area contributed by atoms with E-state index >= 15 is 0 Å². The van der Waals surface area contributed by atoms with Gasteiger partial charge in [-0.3, -0.25) is 4.79 Å². The van der Waals surface area contributed by atoms with Crippen molar-refractivity contribution >= 4 is 17.4 Å². The molecule has 0 atom stereocenters. The second-order valence-electron chi connectivity index (χ2n) is 7.34. The average molecular weight is 286 g/mol. The fourth-order valence-electron chi connectivity index (χ4n) is 5.28. The summed E-state index contributed by atoms with van der Waals surface area (Å²) in [5.41, 5.74) is 12.0. The van der Waals surface area contributed by atoms with Gasteiger partial charge in [-0.2, -0.15) is 0 Å². The molecule has 1 aromatic rings. The molecule has 1 aromatic heterocycles. The monoisotopic (exact) mass is 286 g/mol. The Kier molecular flexibility index (Phi) is 2.68. The molecule has 5 heteroatoms. The van der Waals surface area contributed by atoms with E-state index in [-0.39, 0.29) is 5.54 Å². The standard InChI is InChI=1S/C16H22N4O/c17-13-8-19-14(4-12(13)15(18)21)20-16-5-9-1-10(6-16)3-11(2-9)7-16/h4,8-11H,1-3,5-7,17H2,(H2,18,21)(H,19,20). The molecule has 0 spiro atoms. The van der Waals surface area contributed by atoms with Crippen LogP contribution in [0.5, 0.6) is 0 Å². The van der Waals surface area contributed by atoms with E-state index in [9.17, 15) is 4.79 Å². The zero-order valence-corrected chi connectivity index (χ0v) is 12.1. The van der Waals surface area contributed by atoms with Crippen LogP contribution in [-0.4, -0.2) is 16.4 Å². The third kappa shape index (κ3) is 2.15. The molecule has 4 fully saturated rings. The lowest BCUT2D eigenvalue weighted by Gasteiger charge is -2.57. The Morgan fingerprint density at radius 3 is 2.29 bits per heavy atom. The number of carbonyl (C=O) groups excluding carboxylic acids is 1. The van der Waals surface area contributed by atoms with Crippen LogP contribution < -0.4 is 16.8 Å². The second-order valence-corrected chi connectivity index (χ2v) is 7.34. The van der Waals surface area contributed by atoms with Crippen LogP contribution in [0, 0.1) is 17.8 Å². The molecule has 4 aliphatic rings. The van der Waals surface area contributed by atoms with E-state index in [1.165, 1.54) is 44.7 Å². The SMILES string of the molecule is NC(=O)c1cc(NC23CC4CC(CC(C4)C2)C3)ncc1N. The summed E-state index contributed by atoms with van der Waals surface area (Å²) in [4.78, 5) is 15.8. The molecule has 4 saturated carbocycles. The minimum atomic E-state index is -0.497. The van der Waals surface area contributed by atoms with Gasteiger partial charge >= 0.3 is 0 Å². The molecule has 4 bridgehead atoms. The Hall–Kier alpha value is -1.78. The van der Waals surface area contributed by atoms with E-state index in [1.54, 1.807) is 6.07 Å². The van der Waals surface area contributed by atoms with Crippen LogP contribution in [0.2, 0.25) is 0 Å². The van der Waals surface area contributed by atoms with Crippen molar-refractivity contribution in [3.63, 3.8) is 0 Å². The largest absolute Gasteiger partial charge is 0.397 e. The van der Waals surface area contributed by atoms with Crippen molar-refractivity contribution in [1.82, 2.24) is 4.98 Å². The van der Waals surface area contributed by atoms with Crippen LogP contribution in [-0.2, 0) is 0 Å². The highest BCUT2D eigenvalue weighted by atomic mass is 16.1. The third-order valence-corrected chi connectivity index (χ3v) is 5.63. The van der Waals surface area contributed by atoms with Crippen LogP contribution in [0.25, 0.3) is 0 Å². The summed E-state index contributed by atoms with van der Waals surface area (Å²) in [6, 6.07) is 1.70. The predicted molar refractivity (Wildman–Crippen MR) is 81.7 cm³/mol. The summed E-state index contributed by atoms with van der Waals surface area (Å²) in [6.07, 6.45) is 9.45. The smallest absolute Gasteiger partial charge is 0.250 e. The maximum Gasteiger partial charge on any atom is 0.250 e. The highest BCUT2D eigenvalue weighted by molar-refractivity contribution is 5.98. The van der Waals surface area contributed by atoms with E-state index in [1.807, 2.05) is 0 Å². The molecule has 0 aliphatic heterocycles. The number of nitrogens with two attached hydrogens (primary N) is 2. The molecule has 5 N–H and O–H groups in total. The fraction of sp³-hybridized carbons (Fsp3) is 0.625. The number of hydrogen-bond acceptors (Lipinski definition) is 4. The Morgan fingerprint density at radius 1 is 1.19 bits per heavy atom. The third-order valence-electron chi connectivity index (χ3n) is 5.63. The maximum absolute atomic E-state index is 11.4. The molecular weight excluding hydrogens is 264 g/mol. The first-order valence-electron chi connectivity index (χ1n) is 7.86. The quantitative estimate of drug-likeness (QED) is 0.793. The topological polar surface area (TPSA) is 94.0 Å². The minimum absolute atomic E-state index is 0.173. The van der Waals surface area contributed by atoms with Crippen LogP contribution in [0.3, 0.4) is 0 Å². The summed E-state index contributed by atoms with van der Waals surface area (Å²) in [5, 5.41) is 3.63. The number of aromatic nitrogens is 1. The van der Waals surface area contributed by atoms with Crippen molar-refractivity contribution in [2.45, 2.75) is 44.1 Å². The van der Waals surface area contributed by atoms with Gasteiger partial charge in [-0.15, -0.1) is 0 Å². The van der Waals surface area contributed by atoms with Crippen molar-refractivity contribution in [2.75, 3.05) is 11.1 Å². The number of hydrogen-bond donors (Lipinski definition) is 3. The van der Waals surface area contributed by atoms with E-state index in [0.29, 0.717) is 11.3 Å². The van der Waals surface area contributed by atoms with Crippen molar-refractivity contribution < 1.29 is 4.79 Å². The zero-order chi connectivity index (χ0) is 14.6. The number of nitrogens with zero attached hydrogens (tertiary/aromatic N) is 1. The van der Waals surface area contributed by atoms with Gasteiger partial charge in [0.25, 0.3) is 5.91 Å². The first-order valence-corrected chi connectivity index (χ1v) is 7.86. The van der Waals surface area contributed by atoms with E-state index in [0.717, 1.165) is 23.6 Å². The number of carbonyl (C=O) groups is 1. The number of nitrogen functional groups attached to an aromatic ring is 1. The molecular formula is C16H22N4O. The number of anilines is 2. The summed E-state index contributed by atoms with van der Waals surface area (Å²) < 4.78 is 0. The summed E-state index contributed by atoms with van der Waals surface area (Å²) in [7, 11) is 0. The van der Waals surface area contributed by atoms with Gasteiger partial charge in [-0.1, -0.05) is 0 Å². The summed E-state index contributed by atoms with van der Waals surface area (Å²) >= 11 is 0. The summed E-state index contributed by atoms with van der Waals surface area (Å²) in [5.74, 6) is 2.85. The average Bonchev–Trinajstić information content (AvgIpc) is 2.38. The Morgan fingerprint density at radius 2 is 1.76 bits per heavy atom. The van der Waals surface area contributed by atoms with Gasteiger partial charge in [0.15, 0.2) is 0 Å². The highest BCUT2D eigenvalue weighted by Gasteiger charge is 2.51. The molecule has 1 heterocycles. The zero-order valence-electron chi connectivity index (χ0n) is 12.1. The normalized spacial score (nSPS) is 36.7. The first-order chi connectivity index (χ1) is 10.0. The molecule has 0 unspecified atom stereocenters. The number of pyridine rings is 1. The van der Waals surface area contributed by atoms with E-state index in [4.69, 9.17) is 11.5 Å². The first kappa shape index (κ1) is 12.9. The molecule has 5 rings (SSSR count). The summed E-state index contributed by atoms with van der Waals surface area (Å²) in [6.45, 7) is 0. The van der Waals surface area contributed by atoms with Crippen LogP contribution >= 0.6 is 0 Å². The lowest BCUT2D eigenvalue weighted by Crippen LogP contribution is -2.54. The van der Waals surface area contributed by atoms with Gasteiger partial charge in [0.05, 0.1) is 17.4 Å². The van der Waals surface area contributed by atoms with Crippen molar-refractivity contribution in [3.8, 4) is 0 Å². The van der Waals surface area contributed by atoms with Gasteiger partial charge < -0.3 is 16.8 Å². The second kappa shape index (κ2) is 4.36. The van der Waals surface area contributed by atoms with Gasteiger partial charge in [0.2, 0.25) is 0 Å². The van der Waals surface area contributed by atoms with Gasteiger partial charge in [-0.25, -0.2) is 4.98 Å². The maximum atomic E-state index is 11.4. The van der Waals surface area contributed by atoms with Crippen LogP contribution in [0.15, 0.2) is 12.3 Å².